The smallest absolute Gasteiger partial charge is 0.322 e. The van der Waals surface area contributed by atoms with Crippen LogP contribution in [0.5, 0.6) is 0 Å². The Morgan fingerprint density at radius 3 is 2.55 bits per heavy atom. The van der Waals surface area contributed by atoms with Crippen LogP contribution in [-0.4, -0.2) is 54.5 Å². The maximum atomic E-state index is 12.3. The summed E-state index contributed by atoms with van der Waals surface area (Å²) in [6.07, 6.45) is 0.953. The largest absolute Gasteiger partial charge is 0.342 e. The number of piperidine rings is 1. The molecule has 0 bridgehead atoms. The number of nitrogens with one attached hydrogen (secondary N) is 3. The second-order valence-corrected chi connectivity index (χ2v) is 5.52. The summed E-state index contributed by atoms with van der Waals surface area (Å²) in [7, 11) is 0. The number of hydrogen-bond donors (Lipinski definition) is 3. The molecule has 0 aromatic heterocycles. The predicted octanol–water partition coefficient (Wildman–Crippen LogP) is -0.567. The first-order valence-electron chi connectivity index (χ1n) is 7.11. The topological polar surface area (TPSA) is 90.5 Å². The molecule has 1 spiro atoms. The van der Waals surface area contributed by atoms with Gasteiger partial charge in [0.1, 0.15) is 5.54 Å². The molecule has 20 heavy (non-hydrogen) atoms. The zero-order valence-electron chi connectivity index (χ0n) is 12.0. The Bertz CT molecular complexity index is 416. The first kappa shape index (κ1) is 14.8. The van der Waals surface area contributed by atoms with Crippen molar-refractivity contribution in [3.63, 3.8) is 0 Å². The lowest BCUT2D eigenvalue weighted by Gasteiger charge is -2.38. The highest BCUT2D eigenvalue weighted by Crippen LogP contribution is 2.26. The van der Waals surface area contributed by atoms with Crippen molar-refractivity contribution in [3.8, 4) is 0 Å². The van der Waals surface area contributed by atoms with Crippen molar-refractivity contribution < 1.29 is 14.4 Å². The Morgan fingerprint density at radius 1 is 1.40 bits per heavy atom. The normalized spacial score (nSPS) is 22.6. The van der Waals surface area contributed by atoms with E-state index in [1.54, 1.807) is 4.90 Å². The lowest BCUT2D eigenvalue weighted by molar-refractivity contribution is -0.138. The molecule has 1 atom stereocenters. The Hall–Kier alpha value is -1.63. The van der Waals surface area contributed by atoms with E-state index in [0.29, 0.717) is 32.5 Å². The van der Waals surface area contributed by atoms with Gasteiger partial charge in [-0.3, -0.25) is 14.9 Å². The molecule has 2 aliphatic heterocycles. The molecule has 7 heteroatoms. The van der Waals surface area contributed by atoms with Crippen molar-refractivity contribution in [1.82, 2.24) is 20.9 Å². The van der Waals surface area contributed by atoms with Crippen molar-refractivity contribution >= 4 is 17.8 Å². The Kier molecular flexibility index (Phi) is 4.27. The molecule has 2 heterocycles. The summed E-state index contributed by atoms with van der Waals surface area (Å²) < 4.78 is 0. The predicted molar refractivity (Wildman–Crippen MR) is 72.9 cm³/mol. The second-order valence-electron chi connectivity index (χ2n) is 5.52. The summed E-state index contributed by atoms with van der Waals surface area (Å²) in [4.78, 5) is 37.1. The minimum atomic E-state index is -0.807. The number of hydrogen-bond acceptors (Lipinski definition) is 4. The molecule has 0 aromatic rings. The van der Waals surface area contributed by atoms with Crippen LogP contribution < -0.4 is 16.0 Å². The zero-order valence-corrected chi connectivity index (χ0v) is 12.0. The third kappa shape index (κ3) is 2.77. The molecule has 2 aliphatic rings. The standard InChI is InChI=1S/C13H22N4O3/c1-3-14-8-9(2)10(18)17-6-4-13(5-7-17)11(19)15-12(20)16-13/h9,14H,3-8H2,1-2H3,(H2,15,16,19,20). The Labute approximate surface area is 118 Å². The van der Waals surface area contributed by atoms with Gasteiger partial charge in [0, 0.05) is 25.6 Å². The monoisotopic (exact) mass is 282 g/mol. The highest BCUT2D eigenvalue weighted by molar-refractivity contribution is 6.07. The van der Waals surface area contributed by atoms with E-state index >= 15 is 0 Å². The van der Waals surface area contributed by atoms with Gasteiger partial charge in [0.25, 0.3) is 5.91 Å². The number of urea groups is 1. The minimum Gasteiger partial charge on any atom is -0.342 e. The first-order valence-corrected chi connectivity index (χ1v) is 7.11. The van der Waals surface area contributed by atoms with Crippen LogP contribution in [0.25, 0.3) is 0 Å². The van der Waals surface area contributed by atoms with Gasteiger partial charge in [-0.15, -0.1) is 0 Å². The Morgan fingerprint density at radius 2 is 2.05 bits per heavy atom. The summed E-state index contributed by atoms with van der Waals surface area (Å²) in [5, 5.41) is 8.12. The van der Waals surface area contributed by atoms with E-state index in [-0.39, 0.29) is 17.7 Å². The molecular weight excluding hydrogens is 260 g/mol. The van der Waals surface area contributed by atoms with Crippen molar-refractivity contribution in [1.29, 1.82) is 0 Å². The van der Waals surface area contributed by atoms with Crippen molar-refractivity contribution in [3.05, 3.63) is 0 Å². The number of likely N-dealkylation sites (tertiary alicyclic amines) is 1. The van der Waals surface area contributed by atoms with E-state index in [1.165, 1.54) is 0 Å². The molecule has 2 fully saturated rings. The summed E-state index contributed by atoms with van der Waals surface area (Å²) in [6, 6.07) is -0.435. The zero-order chi connectivity index (χ0) is 14.8. The molecule has 1 unspecified atom stereocenters. The van der Waals surface area contributed by atoms with Gasteiger partial charge in [0.15, 0.2) is 0 Å². The van der Waals surface area contributed by atoms with Crippen LogP contribution in [0, 0.1) is 5.92 Å². The molecule has 112 valence electrons. The average Bonchev–Trinajstić information content (AvgIpc) is 2.70. The summed E-state index contributed by atoms with van der Waals surface area (Å²) >= 11 is 0. The van der Waals surface area contributed by atoms with Crippen LogP contribution in [0.1, 0.15) is 26.7 Å². The SMILES string of the molecule is CCNCC(C)C(=O)N1CCC2(CC1)NC(=O)NC2=O. The molecule has 0 radical (unpaired) electrons. The van der Waals surface area contributed by atoms with E-state index in [0.717, 1.165) is 6.54 Å². The van der Waals surface area contributed by atoms with Gasteiger partial charge in [-0.2, -0.15) is 0 Å². The molecule has 0 saturated carbocycles. The van der Waals surface area contributed by atoms with Crippen LogP contribution in [-0.2, 0) is 9.59 Å². The van der Waals surface area contributed by atoms with Crippen LogP contribution in [0.2, 0.25) is 0 Å². The third-order valence-electron chi connectivity index (χ3n) is 4.07. The average molecular weight is 282 g/mol. The van der Waals surface area contributed by atoms with E-state index in [1.807, 2.05) is 13.8 Å². The number of nitrogens with zero attached hydrogens (tertiary/aromatic N) is 1. The number of imide groups is 1. The van der Waals surface area contributed by atoms with Gasteiger partial charge >= 0.3 is 6.03 Å². The highest BCUT2D eigenvalue weighted by Gasteiger charge is 2.48. The fraction of sp³-hybridized carbons (Fsp3) is 0.769. The summed E-state index contributed by atoms with van der Waals surface area (Å²) in [5.74, 6) is -0.239. The lowest BCUT2D eigenvalue weighted by Crippen LogP contribution is -2.56. The van der Waals surface area contributed by atoms with Crippen molar-refractivity contribution in [2.45, 2.75) is 32.2 Å². The van der Waals surface area contributed by atoms with Gasteiger partial charge in [0.2, 0.25) is 5.91 Å². The second kappa shape index (κ2) is 5.78. The molecule has 2 rings (SSSR count). The molecule has 4 amide bonds. The number of carbonyl (C=O) groups is 3. The minimum absolute atomic E-state index is 0.0732. The molecule has 0 aliphatic carbocycles. The Balaban J connectivity index is 1.89. The highest BCUT2D eigenvalue weighted by atomic mass is 16.2. The van der Waals surface area contributed by atoms with Crippen LogP contribution in [0.15, 0.2) is 0 Å². The van der Waals surface area contributed by atoms with E-state index in [9.17, 15) is 14.4 Å². The molecule has 3 N–H and O–H groups in total. The quantitative estimate of drug-likeness (QED) is 0.602. The first-order chi connectivity index (χ1) is 9.48. The number of carbonyl (C=O) groups excluding carboxylic acids is 3. The summed E-state index contributed by atoms with van der Waals surface area (Å²) in [5.41, 5.74) is -0.807. The van der Waals surface area contributed by atoms with Gasteiger partial charge in [-0.05, 0) is 19.4 Å². The van der Waals surface area contributed by atoms with E-state index in [4.69, 9.17) is 0 Å². The lowest BCUT2D eigenvalue weighted by atomic mass is 9.87. The van der Waals surface area contributed by atoms with Gasteiger partial charge in [-0.1, -0.05) is 13.8 Å². The maximum Gasteiger partial charge on any atom is 0.322 e. The van der Waals surface area contributed by atoms with Crippen molar-refractivity contribution in [2.75, 3.05) is 26.2 Å². The van der Waals surface area contributed by atoms with Gasteiger partial charge in [-0.25, -0.2) is 4.79 Å². The number of rotatable bonds is 4. The fourth-order valence-corrected chi connectivity index (χ4v) is 2.75. The molecule has 7 nitrogen and oxygen atoms in total. The van der Waals surface area contributed by atoms with Gasteiger partial charge in [0.05, 0.1) is 0 Å². The molecule has 2 saturated heterocycles. The number of amides is 4. The third-order valence-corrected chi connectivity index (χ3v) is 4.07. The van der Waals surface area contributed by atoms with Crippen LogP contribution in [0.3, 0.4) is 0 Å². The van der Waals surface area contributed by atoms with Crippen LogP contribution in [0.4, 0.5) is 4.79 Å². The van der Waals surface area contributed by atoms with E-state index < -0.39 is 11.6 Å². The van der Waals surface area contributed by atoms with Gasteiger partial charge < -0.3 is 15.5 Å². The van der Waals surface area contributed by atoms with Crippen LogP contribution >= 0.6 is 0 Å². The summed E-state index contributed by atoms with van der Waals surface area (Å²) in [6.45, 7) is 6.41. The fourth-order valence-electron chi connectivity index (χ4n) is 2.75. The molecular formula is C13H22N4O3. The van der Waals surface area contributed by atoms with Crippen molar-refractivity contribution in [2.24, 2.45) is 5.92 Å². The molecule has 0 aromatic carbocycles. The van der Waals surface area contributed by atoms with E-state index in [2.05, 4.69) is 16.0 Å². The maximum absolute atomic E-state index is 12.3.